The van der Waals surface area contributed by atoms with Gasteiger partial charge in [0, 0.05) is 11.3 Å². The molecule has 36 atom stereocenters. The first kappa shape index (κ1) is 76.4. The van der Waals surface area contributed by atoms with E-state index in [1.165, 1.54) is 14.0 Å². The van der Waals surface area contributed by atoms with E-state index in [0.717, 1.165) is 5.57 Å². The number of carboxylic acids is 1. The molecule has 0 aromatic rings. The molecule has 36 unspecified atom stereocenters. The van der Waals surface area contributed by atoms with Gasteiger partial charge in [-0.05, 0) is 125 Å². The van der Waals surface area contributed by atoms with E-state index in [-0.39, 0.29) is 43.9 Å². The van der Waals surface area contributed by atoms with Crippen LogP contribution in [-0.2, 0) is 76.0 Å². The van der Waals surface area contributed by atoms with E-state index >= 15 is 4.79 Å². The minimum Gasteiger partial charge on any atom is -0.479 e. The summed E-state index contributed by atoms with van der Waals surface area (Å²) in [5.41, 5.74) is -4.43. The molecule has 5 aliphatic heterocycles. The largest absolute Gasteiger partial charge is 0.479 e. The van der Waals surface area contributed by atoms with Crippen LogP contribution >= 0.6 is 0 Å². The van der Waals surface area contributed by atoms with Gasteiger partial charge < -0.3 is 128 Å². The number of carbonyl (C=O) groups excluding carboxylic acids is 3. The van der Waals surface area contributed by atoms with Gasteiger partial charge in [-0.1, -0.05) is 60.1 Å². The van der Waals surface area contributed by atoms with Crippen molar-refractivity contribution in [3.05, 3.63) is 11.6 Å². The number of fused-ring (bicyclic) bond motifs is 7. The fourth-order valence-electron chi connectivity index (χ4n) is 18.8. The zero-order chi connectivity index (χ0) is 71.3. The number of hydrogen-bond donors (Lipinski definition) is 14. The first-order valence-electron chi connectivity index (χ1n) is 34.5. The monoisotopic (exact) mass is 1390 g/mol. The number of carbonyl (C=O) groups is 4. The Morgan fingerprint density at radius 3 is 1.71 bits per heavy atom. The molecule has 5 aliphatic carbocycles. The van der Waals surface area contributed by atoms with Crippen LogP contribution in [0.15, 0.2) is 11.6 Å². The molecule has 10 rings (SSSR count). The maximum absolute atomic E-state index is 16.2. The normalized spacial score (nSPS) is 51.8. The zero-order valence-electron chi connectivity index (χ0n) is 57.1. The molecule has 0 spiro atoms. The molecule has 10 aliphatic rings. The topological polar surface area (TPSA) is 462 Å². The first-order chi connectivity index (χ1) is 45.5. The van der Waals surface area contributed by atoms with E-state index in [9.17, 15) is 85.9 Å². The number of aliphatic hydroxyl groups is 13. The van der Waals surface area contributed by atoms with Crippen molar-refractivity contribution < 1.29 is 148 Å². The smallest absolute Gasteiger partial charge is 0.335 e. The number of aliphatic carboxylic acids is 1. The third-order valence-corrected chi connectivity index (χ3v) is 25.7. The number of ether oxygens (including phenoxy) is 12. The Labute approximate surface area is 563 Å². The van der Waals surface area contributed by atoms with Crippen molar-refractivity contribution in [2.45, 2.75) is 293 Å². The van der Waals surface area contributed by atoms with Crippen molar-refractivity contribution in [1.29, 1.82) is 0 Å². The molecule has 9 fully saturated rings. The molecule has 5 saturated heterocycles. The summed E-state index contributed by atoms with van der Waals surface area (Å²) in [5.74, 6) is -5.95. The fraction of sp³-hybridized carbons (Fsp3) is 0.910. The second-order valence-corrected chi connectivity index (χ2v) is 30.9. The molecule has 0 aromatic heterocycles. The Bertz CT molecular complexity index is 2830. The maximum Gasteiger partial charge on any atom is 0.335 e. The maximum atomic E-state index is 16.2. The molecule has 0 radical (unpaired) electrons. The second kappa shape index (κ2) is 28.8. The van der Waals surface area contributed by atoms with Crippen LogP contribution in [0.1, 0.15) is 140 Å². The number of carboxylic acid groups (broad SMARTS) is 1. The van der Waals surface area contributed by atoms with Gasteiger partial charge in [-0.3, -0.25) is 14.4 Å². The summed E-state index contributed by atoms with van der Waals surface area (Å²) < 4.78 is 74.2. The van der Waals surface area contributed by atoms with Gasteiger partial charge >= 0.3 is 23.9 Å². The van der Waals surface area contributed by atoms with Gasteiger partial charge in [-0.15, -0.1) is 0 Å². The van der Waals surface area contributed by atoms with Crippen LogP contribution in [0.2, 0.25) is 0 Å². The van der Waals surface area contributed by atoms with Crippen LogP contribution < -0.4 is 0 Å². The highest BCUT2D eigenvalue weighted by atomic mass is 16.8. The Morgan fingerprint density at radius 1 is 0.567 bits per heavy atom. The molecule has 30 nitrogen and oxygen atoms in total. The van der Waals surface area contributed by atoms with E-state index < -0.39 is 247 Å². The van der Waals surface area contributed by atoms with Crippen LogP contribution in [0.25, 0.3) is 0 Å². The van der Waals surface area contributed by atoms with Gasteiger partial charge in [0.15, 0.2) is 43.5 Å². The van der Waals surface area contributed by atoms with Gasteiger partial charge in [0.1, 0.15) is 79.4 Å². The highest BCUT2D eigenvalue weighted by molar-refractivity contribution is 5.81. The SMILES string of the molecule is CCC(C)C(=O)OC1C(C)OC(OC(=O)C23CCC(C)(C(=O)OC)CC2C2=CCC4C5(C)CCC(OC6OC(C(=O)O)C(O)C(O)C6OC6OC(CO)C(O)C(O)C6O)C(C)(CO)C5CCC4(C)C2(C)CC3)C(OC2OC(C)C(C)C(O)C2O)C1OC1OC(CO)C(O)C(O)C1O. The first-order valence-corrected chi connectivity index (χ1v) is 34.5. The Hall–Kier alpha value is -3.26. The fourth-order valence-corrected chi connectivity index (χ4v) is 18.8. The number of esters is 3. The lowest BCUT2D eigenvalue weighted by Crippen LogP contribution is -2.68. The van der Waals surface area contributed by atoms with Gasteiger partial charge in [0.2, 0.25) is 6.29 Å². The summed E-state index contributed by atoms with van der Waals surface area (Å²) in [5, 5.41) is 153. The number of rotatable bonds is 18. The highest BCUT2D eigenvalue weighted by Gasteiger charge is 2.72. The minimum atomic E-state index is -2.10. The van der Waals surface area contributed by atoms with Crippen molar-refractivity contribution in [2.24, 2.45) is 62.1 Å². The molecule has 14 N–H and O–H groups in total. The average Bonchev–Trinajstić information content (AvgIpc) is 0.674. The number of aliphatic hydroxyl groups excluding tert-OH is 13. The van der Waals surface area contributed by atoms with Crippen molar-refractivity contribution >= 4 is 23.9 Å². The molecule has 97 heavy (non-hydrogen) atoms. The lowest BCUT2D eigenvalue weighted by molar-refractivity contribution is -0.384. The number of allylic oxidation sites excluding steroid dienone is 2. The quantitative estimate of drug-likeness (QED) is 0.0336. The van der Waals surface area contributed by atoms with Gasteiger partial charge in [-0.2, -0.15) is 0 Å². The lowest BCUT2D eigenvalue weighted by atomic mass is 9.33. The van der Waals surface area contributed by atoms with E-state index in [1.807, 2.05) is 13.8 Å². The van der Waals surface area contributed by atoms with Crippen LogP contribution in [0.5, 0.6) is 0 Å². The van der Waals surface area contributed by atoms with Crippen molar-refractivity contribution in [3.63, 3.8) is 0 Å². The van der Waals surface area contributed by atoms with E-state index in [1.54, 1.807) is 27.7 Å². The predicted octanol–water partition coefficient (Wildman–Crippen LogP) is -1.07. The minimum absolute atomic E-state index is 0.101. The summed E-state index contributed by atoms with van der Waals surface area (Å²) in [6, 6.07) is 0. The predicted molar refractivity (Wildman–Crippen MR) is 327 cm³/mol. The molecule has 0 aromatic carbocycles. The molecule has 5 heterocycles. The van der Waals surface area contributed by atoms with Gasteiger partial charge in [0.25, 0.3) is 0 Å². The van der Waals surface area contributed by atoms with Crippen LogP contribution in [-0.4, -0.2) is 276 Å². The van der Waals surface area contributed by atoms with Crippen LogP contribution in [0.4, 0.5) is 0 Å². The van der Waals surface area contributed by atoms with Crippen molar-refractivity contribution in [1.82, 2.24) is 0 Å². The standard InChI is InChI=1S/C67H106O30/c1-12-27(2)54(83)92-48-30(5)88-59(52(96-55-45(78)38(71)28(3)29(4)87-55)51(48)95-57-47(80)42(75)40(73)34(25-69)90-57)97-61(85)67-21-19-62(6,60(84)86-11)23-32(67)31-13-14-36-63(7)17-16-37(64(8,26-70)35(63)15-18-66(36,10)65(31,9)20-22-67)91-58-50(44(77)43(76)49(93-58)53(81)82)94-56-46(79)41(74)39(72)33(24-68)89-56/h13,27-30,32-52,55-59,68-80H,12,14-26H2,1-11H3,(H,81,82). The van der Waals surface area contributed by atoms with E-state index in [4.69, 9.17) is 56.8 Å². The number of hydrogen-bond acceptors (Lipinski definition) is 29. The van der Waals surface area contributed by atoms with Gasteiger partial charge in [-0.25, -0.2) is 4.79 Å². The molecule has 30 heteroatoms. The third kappa shape index (κ3) is 13.0. The zero-order valence-corrected chi connectivity index (χ0v) is 57.1. The van der Waals surface area contributed by atoms with Crippen molar-refractivity contribution in [3.8, 4) is 0 Å². The Balaban J connectivity index is 0.979. The summed E-state index contributed by atoms with van der Waals surface area (Å²) in [6.45, 7) is 16.5. The number of methoxy groups -OCH3 is 1. The molecule has 554 valence electrons. The molecule has 4 saturated carbocycles. The van der Waals surface area contributed by atoms with Crippen molar-refractivity contribution in [2.75, 3.05) is 26.9 Å². The summed E-state index contributed by atoms with van der Waals surface area (Å²) in [7, 11) is 1.31. The molecular formula is C67H106O30. The average molecular weight is 1390 g/mol. The second-order valence-electron chi connectivity index (χ2n) is 30.9. The van der Waals surface area contributed by atoms with Gasteiger partial charge in [0.05, 0.1) is 68.1 Å². The summed E-state index contributed by atoms with van der Waals surface area (Å²) in [4.78, 5) is 56.7. The summed E-state index contributed by atoms with van der Waals surface area (Å²) in [6.07, 6.45) is -36.3. The molecular weight excluding hydrogens is 1280 g/mol. The Kier molecular flexibility index (Phi) is 22.6. The molecule has 0 amide bonds. The molecule has 0 bridgehead atoms. The van der Waals surface area contributed by atoms with Crippen LogP contribution in [0, 0.1) is 62.1 Å². The van der Waals surface area contributed by atoms with E-state index in [0.29, 0.717) is 38.5 Å². The third-order valence-electron chi connectivity index (χ3n) is 25.7. The van der Waals surface area contributed by atoms with Crippen LogP contribution in [0.3, 0.4) is 0 Å². The van der Waals surface area contributed by atoms with E-state index in [2.05, 4.69) is 26.8 Å². The summed E-state index contributed by atoms with van der Waals surface area (Å²) >= 11 is 0. The lowest BCUT2D eigenvalue weighted by Gasteiger charge is -2.71. The highest BCUT2D eigenvalue weighted by Crippen LogP contribution is 2.76. The Morgan fingerprint density at radius 2 is 1.13 bits per heavy atom.